The van der Waals surface area contributed by atoms with Gasteiger partial charge in [-0.05, 0) is 24.1 Å². The van der Waals surface area contributed by atoms with E-state index in [1.807, 2.05) is 30.3 Å². The molecule has 22 heavy (non-hydrogen) atoms. The number of rotatable bonds is 5. The second-order valence-corrected chi connectivity index (χ2v) is 5.01. The first kappa shape index (κ1) is 15.6. The minimum Gasteiger partial charge on any atom is -0.507 e. The lowest BCUT2D eigenvalue weighted by Crippen LogP contribution is -2.35. The Morgan fingerprint density at radius 3 is 2.36 bits per heavy atom. The number of aliphatic carboxylic acids is 1. The molecule has 0 bridgehead atoms. The van der Waals surface area contributed by atoms with Crippen molar-refractivity contribution >= 4 is 11.9 Å². The van der Waals surface area contributed by atoms with Gasteiger partial charge in [-0.2, -0.15) is 0 Å². The summed E-state index contributed by atoms with van der Waals surface area (Å²) in [5, 5.41) is 19.0. The molecule has 0 radical (unpaired) electrons. The molecule has 0 spiro atoms. The molecule has 2 aromatic carbocycles. The predicted octanol–water partition coefficient (Wildman–Crippen LogP) is 2.43. The number of carbonyl (C=O) groups excluding carboxylic acids is 1. The van der Waals surface area contributed by atoms with Crippen molar-refractivity contribution in [3.63, 3.8) is 0 Å². The Labute approximate surface area is 128 Å². The van der Waals surface area contributed by atoms with Crippen molar-refractivity contribution in [1.29, 1.82) is 0 Å². The summed E-state index contributed by atoms with van der Waals surface area (Å²) in [5.41, 5.74) is 1.50. The summed E-state index contributed by atoms with van der Waals surface area (Å²) in [6, 6.07) is 14.0. The number of hydrogen-bond acceptors (Lipinski definition) is 3. The lowest BCUT2D eigenvalue weighted by atomic mass is 10.1. The molecule has 0 saturated carbocycles. The summed E-state index contributed by atoms with van der Waals surface area (Å²) in [7, 11) is 0. The maximum atomic E-state index is 12.6. The molecule has 5 heteroatoms. The van der Waals surface area contributed by atoms with Crippen LogP contribution in [0, 0.1) is 6.92 Å². The predicted molar refractivity (Wildman–Crippen MR) is 81.7 cm³/mol. The van der Waals surface area contributed by atoms with Crippen molar-refractivity contribution in [3.8, 4) is 5.75 Å². The molecule has 0 aliphatic heterocycles. The average Bonchev–Trinajstić information content (AvgIpc) is 2.49. The summed E-state index contributed by atoms with van der Waals surface area (Å²) in [6.07, 6.45) is 0. The van der Waals surface area contributed by atoms with Crippen molar-refractivity contribution in [3.05, 3.63) is 65.2 Å². The third-order valence-electron chi connectivity index (χ3n) is 3.30. The van der Waals surface area contributed by atoms with Crippen LogP contribution in [0.15, 0.2) is 48.5 Å². The fourth-order valence-electron chi connectivity index (χ4n) is 2.17. The van der Waals surface area contributed by atoms with E-state index < -0.39 is 18.4 Å². The number of benzene rings is 2. The molecule has 0 aromatic heterocycles. The minimum absolute atomic E-state index is 0.109. The number of carboxylic acid groups (broad SMARTS) is 1. The molecule has 2 N–H and O–H groups in total. The fraction of sp³-hybridized carbons (Fsp3) is 0.176. The van der Waals surface area contributed by atoms with Gasteiger partial charge in [0.05, 0.1) is 5.56 Å². The number of aromatic hydroxyl groups is 1. The number of amides is 1. The zero-order chi connectivity index (χ0) is 16.1. The van der Waals surface area contributed by atoms with Crippen LogP contribution in [-0.2, 0) is 11.3 Å². The summed E-state index contributed by atoms with van der Waals surface area (Å²) in [4.78, 5) is 24.8. The molecule has 2 rings (SSSR count). The van der Waals surface area contributed by atoms with Crippen molar-refractivity contribution in [1.82, 2.24) is 4.90 Å². The van der Waals surface area contributed by atoms with Gasteiger partial charge in [0.1, 0.15) is 12.3 Å². The van der Waals surface area contributed by atoms with E-state index in [1.54, 1.807) is 19.1 Å². The first-order valence-electron chi connectivity index (χ1n) is 6.82. The van der Waals surface area contributed by atoms with E-state index in [2.05, 4.69) is 0 Å². The summed E-state index contributed by atoms with van der Waals surface area (Å²) >= 11 is 0. The van der Waals surface area contributed by atoms with E-state index in [-0.39, 0.29) is 17.9 Å². The lowest BCUT2D eigenvalue weighted by molar-refractivity contribution is -0.137. The first-order valence-corrected chi connectivity index (χ1v) is 6.82. The monoisotopic (exact) mass is 299 g/mol. The number of phenols is 1. The van der Waals surface area contributed by atoms with Gasteiger partial charge in [0.25, 0.3) is 5.91 Å². The standard InChI is InChI=1S/C17H17NO4/c1-12-6-5-9-14(16(12)21)17(22)18(11-15(19)20)10-13-7-3-2-4-8-13/h2-9,21H,10-11H2,1H3,(H,19,20). The maximum absolute atomic E-state index is 12.6. The van der Waals surface area contributed by atoms with Crippen LogP contribution in [0.3, 0.4) is 0 Å². The van der Waals surface area contributed by atoms with Gasteiger partial charge in [-0.15, -0.1) is 0 Å². The normalized spacial score (nSPS) is 10.2. The highest BCUT2D eigenvalue weighted by Crippen LogP contribution is 2.23. The lowest BCUT2D eigenvalue weighted by Gasteiger charge is -2.21. The molecule has 5 nitrogen and oxygen atoms in total. The Morgan fingerprint density at radius 2 is 1.73 bits per heavy atom. The van der Waals surface area contributed by atoms with Gasteiger partial charge in [-0.3, -0.25) is 9.59 Å². The van der Waals surface area contributed by atoms with Crippen LogP contribution in [-0.4, -0.2) is 33.5 Å². The summed E-state index contributed by atoms with van der Waals surface area (Å²) < 4.78 is 0. The van der Waals surface area contributed by atoms with Gasteiger partial charge in [0.2, 0.25) is 0 Å². The minimum atomic E-state index is -1.10. The van der Waals surface area contributed by atoms with E-state index in [9.17, 15) is 14.7 Å². The molecule has 0 atom stereocenters. The summed E-state index contributed by atoms with van der Waals surface area (Å²) in [5.74, 6) is -1.72. The quantitative estimate of drug-likeness (QED) is 0.889. The summed E-state index contributed by atoms with van der Waals surface area (Å²) in [6.45, 7) is 1.42. The SMILES string of the molecule is Cc1cccc(C(=O)N(CC(=O)O)Cc2ccccc2)c1O. The highest BCUT2D eigenvalue weighted by molar-refractivity contribution is 5.98. The van der Waals surface area contributed by atoms with Gasteiger partial charge in [-0.1, -0.05) is 42.5 Å². The highest BCUT2D eigenvalue weighted by Gasteiger charge is 2.22. The molecule has 1 amide bonds. The molecule has 0 unspecified atom stereocenters. The van der Waals surface area contributed by atoms with E-state index >= 15 is 0 Å². The van der Waals surface area contributed by atoms with E-state index in [0.717, 1.165) is 5.56 Å². The van der Waals surface area contributed by atoms with Crippen LogP contribution in [0.1, 0.15) is 21.5 Å². The Morgan fingerprint density at radius 1 is 1.05 bits per heavy atom. The Hall–Kier alpha value is -2.82. The number of carboxylic acids is 1. The molecule has 0 fully saturated rings. The number of para-hydroxylation sites is 1. The van der Waals surface area contributed by atoms with Crippen molar-refractivity contribution in [2.45, 2.75) is 13.5 Å². The molecule has 0 aliphatic carbocycles. The van der Waals surface area contributed by atoms with Crippen molar-refractivity contribution in [2.75, 3.05) is 6.54 Å². The van der Waals surface area contributed by atoms with Crippen molar-refractivity contribution < 1.29 is 19.8 Å². The molecule has 0 saturated heterocycles. The van der Waals surface area contributed by atoms with Crippen LogP contribution in [0.25, 0.3) is 0 Å². The molecular formula is C17H17NO4. The van der Waals surface area contributed by atoms with Crippen molar-refractivity contribution in [2.24, 2.45) is 0 Å². The maximum Gasteiger partial charge on any atom is 0.323 e. The van der Waals surface area contributed by atoms with Gasteiger partial charge in [-0.25, -0.2) is 0 Å². The van der Waals surface area contributed by atoms with Crippen LogP contribution >= 0.6 is 0 Å². The van der Waals surface area contributed by atoms with Gasteiger partial charge in [0.15, 0.2) is 0 Å². The molecule has 0 aliphatic rings. The second kappa shape index (κ2) is 6.76. The number of hydrogen-bond donors (Lipinski definition) is 2. The fourth-order valence-corrected chi connectivity index (χ4v) is 2.17. The molecule has 2 aromatic rings. The zero-order valence-corrected chi connectivity index (χ0v) is 12.2. The number of aryl methyl sites for hydroxylation is 1. The first-order chi connectivity index (χ1) is 10.5. The molecule has 0 heterocycles. The average molecular weight is 299 g/mol. The van der Waals surface area contributed by atoms with Crippen LogP contribution in [0.4, 0.5) is 0 Å². The molecular weight excluding hydrogens is 282 g/mol. The van der Waals surface area contributed by atoms with Crippen LogP contribution in [0.2, 0.25) is 0 Å². The Bertz CT molecular complexity index is 682. The van der Waals surface area contributed by atoms with E-state index in [4.69, 9.17) is 5.11 Å². The highest BCUT2D eigenvalue weighted by atomic mass is 16.4. The molecule has 114 valence electrons. The topological polar surface area (TPSA) is 77.8 Å². The Kier molecular flexibility index (Phi) is 4.78. The zero-order valence-electron chi connectivity index (χ0n) is 12.2. The van der Waals surface area contributed by atoms with Crippen LogP contribution in [0.5, 0.6) is 5.75 Å². The van der Waals surface area contributed by atoms with Gasteiger partial charge >= 0.3 is 5.97 Å². The number of carbonyl (C=O) groups is 2. The van der Waals surface area contributed by atoms with E-state index in [0.29, 0.717) is 5.56 Å². The second-order valence-electron chi connectivity index (χ2n) is 5.01. The van der Waals surface area contributed by atoms with Crippen LogP contribution < -0.4 is 0 Å². The third kappa shape index (κ3) is 3.63. The van der Waals surface area contributed by atoms with Gasteiger partial charge < -0.3 is 15.1 Å². The largest absolute Gasteiger partial charge is 0.507 e. The number of nitrogens with zero attached hydrogens (tertiary/aromatic N) is 1. The van der Waals surface area contributed by atoms with Gasteiger partial charge in [0, 0.05) is 6.54 Å². The third-order valence-corrected chi connectivity index (χ3v) is 3.30. The number of phenolic OH excluding ortho intramolecular Hbond substituents is 1. The smallest absolute Gasteiger partial charge is 0.323 e. The Balaban J connectivity index is 2.30. The van der Waals surface area contributed by atoms with E-state index in [1.165, 1.54) is 11.0 Å².